The molecule has 2 saturated heterocycles. The second-order valence-corrected chi connectivity index (χ2v) is 24.4. The van der Waals surface area contributed by atoms with E-state index in [-0.39, 0.29) is 5.54 Å². The van der Waals surface area contributed by atoms with Crippen molar-refractivity contribution in [2.45, 2.75) is 104 Å². The standard InChI is InChI=1S/C24H24BNO3.3C4H9.Sn/c1-23-17-10-18-26(23)25(28-22-16-9-8-15-21(22)27)29-24(23,19-11-4-2-5-12-19)20-13-6-3-7-14-20;3*1-3-4-2;/h2-9,11-16,27H,10,17-18H2,1H3;3*1,3-4H2,2H3;/q;;;;+1/t23-;;;;/m0..../s1. The molecular formula is C36H51BNO3Sn+. The third kappa shape index (κ3) is 6.16. The van der Waals surface area contributed by atoms with E-state index in [0.717, 1.165) is 30.9 Å². The van der Waals surface area contributed by atoms with Crippen LogP contribution in [0.2, 0.25) is 13.3 Å². The number of nitrogens with one attached hydrogen (secondary N) is 1. The molecule has 2 heterocycles. The number of benzene rings is 3. The maximum absolute atomic E-state index is 7.33. The molecule has 224 valence electrons. The first-order valence-electron chi connectivity index (χ1n) is 16.6. The van der Waals surface area contributed by atoms with Crippen LogP contribution in [0.1, 0.15) is 90.2 Å². The van der Waals surface area contributed by atoms with Crippen LogP contribution in [0.25, 0.3) is 0 Å². The molecule has 4 nitrogen and oxygen atoms in total. The van der Waals surface area contributed by atoms with Gasteiger partial charge in [-0.3, -0.25) is 0 Å². The molecule has 42 heavy (non-hydrogen) atoms. The number of rotatable bonds is 15. The maximum atomic E-state index is 7.33. The van der Waals surface area contributed by atoms with Gasteiger partial charge in [-0.1, -0.05) is 0 Å². The van der Waals surface area contributed by atoms with Crippen molar-refractivity contribution < 1.29 is 17.2 Å². The summed E-state index contributed by atoms with van der Waals surface area (Å²) in [5.41, 5.74) is 1.63. The van der Waals surface area contributed by atoms with Crippen LogP contribution in [0.5, 0.6) is 11.5 Å². The van der Waals surface area contributed by atoms with Crippen molar-refractivity contribution in [2.75, 3.05) is 6.54 Å². The van der Waals surface area contributed by atoms with Gasteiger partial charge in [0.15, 0.2) is 0 Å². The predicted octanol–water partition coefficient (Wildman–Crippen LogP) is 8.19. The van der Waals surface area contributed by atoms with Crippen molar-refractivity contribution in [1.82, 2.24) is 0 Å². The molecule has 1 N–H and O–H groups in total. The van der Waals surface area contributed by atoms with Gasteiger partial charge in [-0.25, -0.2) is 0 Å². The number of unbranched alkanes of at least 4 members (excludes halogenated alkanes) is 3. The molecular weight excluding hydrogens is 624 g/mol. The van der Waals surface area contributed by atoms with E-state index in [1.54, 1.807) is 0 Å². The summed E-state index contributed by atoms with van der Waals surface area (Å²) >= 11 is -2.92. The van der Waals surface area contributed by atoms with Crippen LogP contribution in [-0.2, 0) is 10.3 Å². The molecule has 3 aromatic carbocycles. The van der Waals surface area contributed by atoms with Crippen LogP contribution in [0.4, 0.5) is 0 Å². The summed E-state index contributed by atoms with van der Waals surface area (Å²) in [5.74, 6) is 1.78. The Morgan fingerprint density at radius 2 is 1.24 bits per heavy atom. The first-order valence-corrected chi connectivity index (χ1v) is 23.8. The Kier molecular flexibility index (Phi) is 10.7. The molecule has 2 atom stereocenters. The van der Waals surface area contributed by atoms with Crippen molar-refractivity contribution >= 4 is 26.0 Å². The van der Waals surface area contributed by atoms with E-state index in [2.05, 4.69) is 113 Å². The minimum absolute atomic E-state index is 0.164. The molecule has 0 radical (unpaired) electrons. The van der Waals surface area contributed by atoms with Crippen LogP contribution in [-0.4, -0.2) is 38.1 Å². The topological polar surface area (TPSA) is 32.1 Å². The molecule has 0 spiro atoms. The molecule has 0 aliphatic carbocycles. The molecule has 0 bridgehead atoms. The zero-order chi connectivity index (χ0) is 29.5. The molecule has 6 heteroatoms. The molecule has 0 saturated carbocycles. The van der Waals surface area contributed by atoms with E-state index in [1.165, 1.54) is 67.8 Å². The molecule has 2 aliphatic rings. The fourth-order valence-electron chi connectivity index (χ4n) is 7.60. The second kappa shape index (κ2) is 14.2. The molecule has 5 rings (SSSR count). The fraction of sp³-hybridized carbons (Fsp3) is 0.500. The summed E-state index contributed by atoms with van der Waals surface area (Å²) < 4.78 is 25.5. The van der Waals surface area contributed by atoms with Gasteiger partial charge >= 0.3 is 261 Å². The quantitative estimate of drug-likeness (QED) is 0.165. The van der Waals surface area contributed by atoms with Gasteiger partial charge in [-0.15, -0.1) is 0 Å². The van der Waals surface area contributed by atoms with Crippen molar-refractivity contribution in [3.8, 4) is 11.5 Å². The summed E-state index contributed by atoms with van der Waals surface area (Å²) in [6.45, 7) is 10.4. The number of fused-ring (bicyclic) bond motifs is 1. The Labute approximate surface area is 259 Å². The third-order valence-corrected chi connectivity index (χ3v) is 22.6. The minimum atomic E-state index is -2.92. The Hall–Kier alpha value is -1.96. The van der Waals surface area contributed by atoms with E-state index in [9.17, 15) is 0 Å². The molecule has 0 amide bonds. The number of hydrogen-bond acceptors (Lipinski definition) is 3. The third-order valence-electron chi connectivity index (χ3n) is 9.91. The Balaban J connectivity index is 1.51. The number of para-hydroxylation sites is 2. The van der Waals surface area contributed by atoms with Gasteiger partial charge in [0.25, 0.3) is 0 Å². The van der Waals surface area contributed by atoms with E-state index >= 15 is 0 Å². The Morgan fingerprint density at radius 1 is 0.738 bits per heavy atom. The van der Waals surface area contributed by atoms with Crippen molar-refractivity contribution in [1.29, 1.82) is 0 Å². The monoisotopic (exact) mass is 676 g/mol. The van der Waals surface area contributed by atoms with Gasteiger partial charge < -0.3 is 0 Å². The first-order chi connectivity index (χ1) is 20.5. The fourth-order valence-corrected chi connectivity index (χ4v) is 21.0. The Bertz CT molecular complexity index is 1200. The SMILES string of the molecule is CCC[CH2][Sn]([CH2]CCC)([CH2]CCC)[O]c1ccccc1OB1OC(c2ccccc2)(c2ccccc2)[C@]2(C)CCC[NH+]12. The average Bonchev–Trinajstić information content (AvgIpc) is 3.54. The van der Waals surface area contributed by atoms with Gasteiger partial charge in [0.2, 0.25) is 0 Å². The summed E-state index contributed by atoms with van der Waals surface area (Å²) in [6, 6.07) is 30.1. The van der Waals surface area contributed by atoms with Crippen molar-refractivity contribution in [3.05, 3.63) is 96.1 Å². The first kappa shape index (κ1) is 31.5. The zero-order valence-corrected chi connectivity index (χ0v) is 29.2. The average molecular weight is 675 g/mol. The predicted molar refractivity (Wildman–Crippen MR) is 177 cm³/mol. The van der Waals surface area contributed by atoms with Gasteiger partial charge in [0.05, 0.1) is 0 Å². The second-order valence-electron chi connectivity index (χ2n) is 12.7. The summed E-state index contributed by atoms with van der Waals surface area (Å²) in [4.78, 5) is 1.38. The molecule has 1 unspecified atom stereocenters. The van der Waals surface area contributed by atoms with Crippen LogP contribution >= 0.6 is 0 Å². The molecule has 3 aromatic rings. The van der Waals surface area contributed by atoms with Crippen LogP contribution < -0.4 is 12.5 Å². The summed E-state index contributed by atoms with van der Waals surface area (Å²) in [5, 5.41) is 0. The van der Waals surface area contributed by atoms with Gasteiger partial charge in [0.1, 0.15) is 0 Å². The number of hydrogen-bond donors (Lipinski definition) is 1. The van der Waals surface area contributed by atoms with E-state index in [0.29, 0.717) is 0 Å². The van der Waals surface area contributed by atoms with E-state index in [1.807, 2.05) is 0 Å². The molecule has 0 aromatic heterocycles. The summed E-state index contributed by atoms with van der Waals surface area (Å²) in [7, 11) is -0.422. The molecule has 2 fully saturated rings. The normalized spacial score (nSPS) is 21.3. The van der Waals surface area contributed by atoms with Crippen LogP contribution in [0, 0.1) is 0 Å². The van der Waals surface area contributed by atoms with Crippen molar-refractivity contribution in [3.63, 3.8) is 0 Å². The zero-order valence-electron chi connectivity index (χ0n) is 26.4. The number of quaternary nitrogens is 1. The van der Waals surface area contributed by atoms with Gasteiger partial charge in [-0.2, -0.15) is 0 Å². The van der Waals surface area contributed by atoms with Gasteiger partial charge in [0, 0.05) is 0 Å². The van der Waals surface area contributed by atoms with Crippen LogP contribution in [0.3, 0.4) is 0 Å². The van der Waals surface area contributed by atoms with Crippen molar-refractivity contribution in [2.24, 2.45) is 0 Å². The molecule has 2 aliphatic heterocycles. The van der Waals surface area contributed by atoms with Gasteiger partial charge in [-0.05, 0) is 0 Å². The van der Waals surface area contributed by atoms with E-state index < -0.39 is 31.6 Å². The van der Waals surface area contributed by atoms with E-state index in [4.69, 9.17) is 12.4 Å². The summed E-state index contributed by atoms with van der Waals surface area (Å²) in [6.07, 6.45) is 9.72. The van der Waals surface area contributed by atoms with Crippen LogP contribution in [0.15, 0.2) is 84.9 Å². The Morgan fingerprint density at radius 3 is 1.76 bits per heavy atom.